The summed E-state index contributed by atoms with van der Waals surface area (Å²) in [5, 5.41) is 9.19. The van der Waals surface area contributed by atoms with Gasteiger partial charge in [0.05, 0.1) is 12.7 Å². The highest BCUT2D eigenvalue weighted by molar-refractivity contribution is 7.11. The van der Waals surface area contributed by atoms with Crippen molar-refractivity contribution in [3.63, 3.8) is 0 Å². The highest BCUT2D eigenvalue weighted by atomic mass is 32.1. The predicted molar refractivity (Wildman–Crippen MR) is 93.5 cm³/mol. The zero-order chi connectivity index (χ0) is 15.8. The van der Waals surface area contributed by atoms with Gasteiger partial charge in [0, 0.05) is 21.9 Å². The van der Waals surface area contributed by atoms with Crippen molar-refractivity contribution in [1.82, 2.24) is 0 Å². The first-order chi connectivity index (χ1) is 10.6. The van der Waals surface area contributed by atoms with Gasteiger partial charge in [0.25, 0.3) is 0 Å². The van der Waals surface area contributed by atoms with E-state index in [1.807, 2.05) is 18.3 Å². The number of aryl methyl sites for hydroxylation is 2. The van der Waals surface area contributed by atoms with E-state index in [2.05, 4.69) is 12.1 Å². The van der Waals surface area contributed by atoms with Crippen molar-refractivity contribution >= 4 is 11.3 Å². The number of aliphatic hydroxyl groups is 1. The largest absolute Gasteiger partial charge is 0.394 e. The summed E-state index contributed by atoms with van der Waals surface area (Å²) in [4.78, 5) is 2.80. The molecular weight excluding hydrogens is 294 g/mol. The summed E-state index contributed by atoms with van der Waals surface area (Å²) in [5.41, 5.74) is 5.52. The highest BCUT2D eigenvalue weighted by Gasteiger charge is 2.17. The van der Waals surface area contributed by atoms with Crippen molar-refractivity contribution in [2.75, 3.05) is 13.2 Å². The van der Waals surface area contributed by atoms with Crippen LogP contribution in [-0.2, 0) is 17.6 Å². The summed E-state index contributed by atoms with van der Waals surface area (Å²) in [5.74, 6) is 0. The molecule has 1 fully saturated rings. The van der Waals surface area contributed by atoms with E-state index in [1.54, 1.807) is 0 Å². The topological polar surface area (TPSA) is 55.5 Å². The predicted octanol–water partition coefficient (Wildman–Crippen LogP) is 3.67. The maximum absolute atomic E-state index is 9.19. The molecule has 1 aromatic rings. The van der Waals surface area contributed by atoms with E-state index in [-0.39, 0.29) is 6.61 Å². The molecule has 0 aliphatic heterocycles. The van der Waals surface area contributed by atoms with Crippen molar-refractivity contribution < 1.29 is 9.84 Å². The quantitative estimate of drug-likeness (QED) is 0.681. The van der Waals surface area contributed by atoms with Crippen LogP contribution in [0.2, 0.25) is 0 Å². The monoisotopic (exact) mass is 325 g/mol. The molecular formula is C18H31NO2S. The SMILES string of the molecule is CC(N)(CO)CCc1ccc(CCCOC2CCCCC2)s1. The van der Waals surface area contributed by atoms with E-state index < -0.39 is 5.54 Å². The Hall–Kier alpha value is -0.420. The fraction of sp³-hybridized carbons (Fsp3) is 0.778. The third kappa shape index (κ3) is 6.37. The fourth-order valence-electron chi connectivity index (χ4n) is 2.91. The molecule has 22 heavy (non-hydrogen) atoms. The first-order valence-electron chi connectivity index (χ1n) is 8.68. The molecule has 4 heteroatoms. The van der Waals surface area contributed by atoms with Gasteiger partial charge in [-0.2, -0.15) is 0 Å². The number of ether oxygens (including phenoxy) is 1. The fourth-order valence-corrected chi connectivity index (χ4v) is 3.97. The van der Waals surface area contributed by atoms with Crippen LogP contribution in [-0.4, -0.2) is 30.0 Å². The smallest absolute Gasteiger partial charge is 0.0608 e. The van der Waals surface area contributed by atoms with Crippen LogP contribution in [0, 0.1) is 0 Å². The Balaban J connectivity index is 1.62. The molecule has 3 nitrogen and oxygen atoms in total. The molecule has 0 bridgehead atoms. The molecule has 0 aromatic carbocycles. The summed E-state index contributed by atoms with van der Waals surface area (Å²) < 4.78 is 5.98. The molecule has 126 valence electrons. The summed E-state index contributed by atoms with van der Waals surface area (Å²) in [6, 6.07) is 4.43. The number of nitrogens with two attached hydrogens (primary N) is 1. The van der Waals surface area contributed by atoms with Gasteiger partial charge in [-0.1, -0.05) is 19.3 Å². The van der Waals surface area contributed by atoms with Gasteiger partial charge in [-0.3, -0.25) is 0 Å². The van der Waals surface area contributed by atoms with Crippen molar-refractivity contribution in [3.8, 4) is 0 Å². The molecule has 1 aliphatic rings. The van der Waals surface area contributed by atoms with Crippen molar-refractivity contribution in [3.05, 3.63) is 21.9 Å². The minimum Gasteiger partial charge on any atom is -0.394 e. The summed E-state index contributed by atoms with van der Waals surface area (Å²) in [6.45, 7) is 2.84. The molecule has 1 unspecified atom stereocenters. The van der Waals surface area contributed by atoms with Gasteiger partial charge >= 0.3 is 0 Å². The lowest BCUT2D eigenvalue weighted by Crippen LogP contribution is -2.40. The zero-order valence-electron chi connectivity index (χ0n) is 13.9. The molecule has 0 radical (unpaired) electrons. The average Bonchev–Trinajstić information content (AvgIpc) is 2.99. The standard InChI is InChI=1S/C18H31NO2S/c1-18(19,14-20)12-11-17-10-9-16(22-17)8-5-13-21-15-6-3-2-4-7-15/h9-10,15,20H,2-8,11-14,19H2,1H3. The van der Waals surface area contributed by atoms with Crippen LogP contribution in [0.5, 0.6) is 0 Å². The second kappa shape index (κ2) is 9.02. The van der Waals surface area contributed by atoms with Crippen LogP contribution in [0.15, 0.2) is 12.1 Å². The molecule has 0 spiro atoms. The Morgan fingerprint density at radius 2 is 1.91 bits per heavy atom. The van der Waals surface area contributed by atoms with Gasteiger partial charge in [0.2, 0.25) is 0 Å². The van der Waals surface area contributed by atoms with Gasteiger partial charge in [-0.25, -0.2) is 0 Å². The van der Waals surface area contributed by atoms with Crippen LogP contribution in [0.3, 0.4) is 0 Å². The molecule has 3 N–H and O–H groups in total. The lowest BCUT2D eigenvalue weighted by atomic mass is 9.98. The molecule has 0 amide bonds. The molecule has 1 saturated carbocycles. The van der Waals surface area contributed by atoms with Crippen LogP contribution < -0.4 is 5.73 Å². The van der Waals surface area contributed by atoms with Gasteiger partial charge < -0.3 is 15.6 Å². The van der Waals surface area contributed by atoms with Gasteiger partial charge in [-0.05, 0) is 57.6 Å². The molecule has 1 aromatic heterocycles. The minimum atomic E-state index is -0.460. The highest BCUT2D eigenvalue weighted by Crippen LogP contribution is 2.23. The molecule has 1 atom stereocenters. The van der Waals surface area contributed by atoms with Crippen molar-refractivity contribution in [1.29, 1.82) is 0 Å². The maximum atomic E-state index is 9.19. The Labute approximate surface area is 138 Å². The first-order valence-corrected chi connectivity index (χ1v) is 9.50. The summed E-state index contributed by atoms with van der Waals surface area (Å²) >= 11 is 1.88. The minimum absolute atomic E-state index is 0.0454. The summed E-state index contributed by atoms with van der Waals surface area (Å²) in [7, 11) is 0. The van der Waals surface area contributed by atoms with Gasteiger partial charge in [0.1, 0.15) is 0 Å². The van der Waals surface area contributed by atoms with Crippen molar-refractivity contribution in [2.45, 2.75) is 76.4 Å². The Kier molecular flexibility index (Phi) is 7.35. The lowest BCUT2D eigenvalue weighted by molar-refractivity contribution is 0.0274. The number of hydrogen-bond acceptors (Lipinski definition) is 4. The molecule has 0 saturated heterocycles. The van der Waals surface area contributed by atoms with Gasteiger partial charge in [-0.15, -0.1) is 11.3 Å². The number of thiophene rings is 1. The first kappa shape index (κ1) is 17.9. The van der Waals surface area contributed by atoms with Gasteiger partial charge in [0.15, 0.2) is 0 Å². The van der Waals surface area contributed by atoms with Crippen LogP contribution in [0.4, 0.5) is 0 Å². The van der Waals surface area contributed by atoms with E-state index >= 15 is 0 Å². The maximum Gasteiger partial charge on any atom is 0.0608 e. The normalized spacial score (nSPS) is 19.2. The Morgan fingerprint density at radius 1 is 1.23 bits per heavy atom. The zero-order valence-corrected chi connectivity index (χ0v) is 14.7. The Morgan fingerprint density at radius 3 is 2.59 bits per heavy atom. The number of hydrogen-bond donors (Lipinski definition) is 2. The van der Waals surface area contributed by atoms with Crippen molar-refractivity contribution in [2.24, 2.45) is 5.73 Å². The summed E-state index contributed by atoms with van der Waals surface area (Å²) in [6.07, 6.45) is 11.1. The third-order valence-electron chi connectivity index (χ3n) is 4.49. The second-order valence-corrected chi connectivity index (χ2v) is 8.17. The van der Waals surface area contributed by atoms with Crippen LogP contribution in [0.1, 0.15) is 61.6 Å². The number of rotatable bonds is 9. The molecule has 1 aliphatic carbocycles. The third-order valence-corrected chi connectivity index (χ3v) is 5.70. The molecule has 2 rings (SSSR count). The van der Waals surface area contributed by atoms with E-state index in [4.69, 9.17) is 10.5 Å². The molecule has 1 heterocycles. The average molecular weight is 326 g/mol. The van der Waals surface area contributed by atoms with Crippen LogP contribution in [0.25, 0.3) is 0 Å². The number of aliphatic hydroxyl groups excluding tert-OH is 1. The second-order valence-electron chi connectivity index (χ2n) is 6.91. The lowest BCUT2D eigenvalue weighted by Gasteiger charge is -2.21. The van der Waals surface area contributed by atoms with E-state index in [9.17, 15) is 5.11 Å². The Bertz CT molecular complexity index is 424. The van der Waals surface area contributed by atoms with E-state index in [0.717, 1.165) is 32.3 Å². The van der Waals surface area contributed by atoms with E-state index in [0.29, 0.717) is 6.10 Å². The van der Waals surface area contributed by atoms with E-state index in [1.165, 1.54) is 41.9 Å². The van der Waals surface area contributed by atoms with Crippen LogP contribution >= 0.6 is 11.3 Å².